The van der Waals surface area contributed by atoms with Crippen molar-refractivity contribution in [2.24, 2.45) is 0 Å². The molecule has 0 N–H and O–H groups in total. The molecule has 1 aliphatic rings. The van der Waals surface area contributed by atoms with Gasteiger partial charge in [0.25, 0.3) is 5.91 Å². The molecule has 29 heavy (non-hydrogen) atoms. The van der Waals surface area contributed by atoms with Crippen LogP contribution in [0.2, 0.25) is 0 Å². The summed E-state index contributed by atoms with van der Waals surface area (Å²) in [4.78, 5) is 27.4. The van der Waals surface area contributed by atoms with Crippen LogP contribution in [0.4, 0.5) is 0 Å². The Balaban J connectivity index is 1.43. The van der Waals surface area contributed by atoms with Gasteiger partial charge in [-0.2, -0.15) is 0 Å². The number of pyridine rings is 1. The van der Waals surface area contributed by atoms with E-state index >= 15 is 0 Å². The minimum Gasteiger partial charge on any atom is -0.337 e. The van der Waals surface area contributed by atoms with Gasteiger partial charge in [0, 0.05) is 42.8 Å². The summed E-state index contributed by atoms with van der Waals surface area (Å²) in [5.74, 6) is 0.353. The SMILES string of the molecule is Cc1ccc(Cc2cc(C)nc(C3CCN(C(=O)c4cnccn4)CC3)c2)cc1. The van der Waals surface area contributed by atoms with E-state index in [0.717, 1.165) is 43.7 Å². The maximum absolute atomic E-state index is 12.6. The Bertz CT molecular complexity index is 978. The van der Waals surface area contributed by atoms with Gasteiger partial charge in [-0.15, -0.1) is 0 Å². The molecule has 0 atom stereocenters. The third-order valence-electron chi connectivity index (χ3n) is 5.54. The van der Waals surface area contributed by atoms with Crippen LogP contribution < -0.4 is 0 Å². The third-order valence-corrected chi connectivity index (χ3v) is 5.54. The van der Waals surface area contributed by atoms with E-state index in [1.165, 1.54) is 22.9 Å². The van der Waals surface area contributed by atoms with Crippen LogP contribution >= 0.6 is 0 Å². The summed E-state index contributed by atoms with van der Waals surface area (Å²) in [7, 11) is 0. The molecular weight excluding hydrogens is 360 g/mol. The van der Waals surface area contributed by atoms with Crippen LogP contribution in [0, 0.1) is 13.8 Å². The van der Waals surface area contributed by atoms with Gasteiger partial charge in [0.05, 0.1) is 6.20 Å². The summed E-state index contributed by atoms with van der Waals surface area (Å²) in [6.45, 7) is 5.63. The number of amides is 1. The minimum absolute atomic E-state index is 0.0335. The highest BCUT2D eigenvalue weighted by molar-refractivity contribution is 5.92. The lowest BCUT2D eigenvalue weighted by Gasteiger charge is -2.31. The third kappa shape index (κ3) is 4.67. The van der Waals surface area contributed by atoms with Gasteiger partial charge in [-0.05, 0) is 56.4 Å². The first-order valence-corrected chi connectivity index (χ1v) is 10.2. The van der Waals surface area contributed by atoms with Crippen molar-refractivity contribution in [3.63, 3.8) is 0 Å². The largest absolute Gasteiger partial charge is 0.337 e. The molecule has 0 spiro atoms. The van der Waals surface area contributed by atoms with Crippen molar-refractivity contribution in [1.29, 1.82) is 0 Å². The van der Waals surface area contributed by atoms with Gasteiger partial charge in [0.2, 0.25) is 0 Å². The van der Waals surface area contributed by atoms with Gasteiger partial charge in [-0.25, -0.2) is 4.98 Å². The molecule has 5 heteroatoms. The number of benzene rings is 1. The summed E-state index contributed by atoms with van der Waals surface area (Å²) in [5, 5.41) is 0. The number of likely N-dealkylation sites (tertiary alicyclic amines) is 1. The van der Waals surface area contributed by atoms with Gasteiger partial charge < -0.3 is 4.90 Å². The Kier molecular flexibility index (Phi) is 5.65. The van der Waals surface area contributed by atoms with Crippen molar-refractivity contribution in [2.75, 3.05) is 13.1 Å². The van der Waals surface area contributed by atoms with Crippen LogP contribution in [-0.2, 0) is 6.42 Å². The second-order valence-electron chi connectivity index (χ2n) is 7.86. The summed E-state index contributed by atoms with van der Waals surface area (Å²) in [6, 6.07) is 13.1. The zero-order valence-corrected chi connectivity index (χ0v) is 17.0. The molecule has 0 bridgehead atoms. The first-order valence-electron chi connectivity index (χ1n) is 10.2. The Morgan fingerprint density at radius 3 is 2.48 bits per heavy atom. The lowest BCUT2D eigenvalue weighted by atomic mass is 9.91. The first kappa shape index (κ1) is 19.2. The van der Waals surface area contributed by atoms with Crippen LogP contribution in [0.25, 0.3) is 0 Å². The lowest BCUT2D eigenvalue weighted by molar-refractivity contribution is 0.0705. The Labute approximate surface area is 171 Å². The van der Waals surface area contributed by atoms with Crippen LogP contribution in [0.1, 0.15) is 57.3 Å². The van der Waals surface area contributed by atoms with Crippen molar-refractivity contribution >= 4 is 5.91 Å². The van der Waals surface area contributed by atoms with E-state index in [1.54, 1.807) is 12.4 Å². The maximum atomic E-state index is 12.6. The fourth-order valence-corrected chi connectivity index (χ4v) is 3.97. The molecule has 1 aromatic carbocycles. The van der Waals surface area contributed by atoms with E-state index in [2.05, 4.69) is 60.2 Å². The predicted octanol–water partition coefficient (Wildman–Crippen LogP) is 4.10. The van der Waals surface area contributed by atoms with E-state index < -0.39 is 0 Å². The molecule has 0 aliphatic carbocycles. The molecule has 5 nitrogen and oxygen atoms in total. The van der Waals surface area contributed by atoms with Crippen LogP contribution in [0.3, 0.4) is 0 Å². The molecule has 4 rings (SSSR count). The smallest absolute Gasteiger partial charge is 0.274 e. The molecular formula is C24H26N4O. The number of rotatable bonds is 4. The predicted molar refractivity (Wildman–Crippen MR) is 113 cm³/mol. The number of hydrogen-bond donors (Lipinski definition) is 0. The Morgan fingerprint density at radius 1 is 1.03 bits per heavy atom. The zero-order valence-electron chi connectivity index (χ0n) is 17.0. The average Bonchev–Trinajstić information content (AvgIpc) is 2.75. The van der Waals surface area contributed by atoms with E-state index in [9.17, 15) is 4.79 Å². The molecule has 3 aromatic rings. The van der Waals surface area contributed by atoms with Crippen molar-refractivity contribution in [3.8, 4) is 0 Å². The summed E-state index contributed by atoms with van der Waals surface area (Å²) in [6.07, 6.45) is 7.44. The summed E-state index contributed by atoms with van der Waals surface area (Å²) in [5.41, 5.74) is 6.52. The quantitative estimate of drug-likeness (QED) is 0.677. The Morgan fingerprint density at radius 2 is 1.79 bits per heavy atom. The van der Waals surface area contributed by atoms with Gasteiger partial charge in [-0.1, -0.05) is 29.8 Å². The van der Waals surface area contributed by atoms with E-state index in [-0.39, 0.29) is 5.91 Å². The molecule has 1 aliphatic heterocycles. The number of hydrogen-bond acceptors (Lipinski definition) is 4. The average molecular weight is 386 g/mol. The number of aromatic nitrogens is 3. The second kappa shape index (κ2) is 8.52. The lowest BCUT2D eigenvalue weighted by Crippen LogP contribution is -2.38. The monoisotopic (exact) mass is 386 g/mol. The number of nitrogens with zero attached hydrogens (tertiary/aromatic N) is 4. The summed E-state index contributed by atoms with van der Waals surface area (Å²) < 4.78 is 0. The van der Waals surface area contributed by atoms with Crippen molar-refractivity contribution in [1.82, 2.24) is 19.9 Å². The second-order valence-corrected chi connectivity index (χ2v) is 7.86. The highest BCUT2D eigenvalue weighted by atomic mass is 16.2. The molecule has 2 aromatic heterocycles. The molecule has 148 valence electrons. The molecule has 0 radical (unpaired) electrons. The van der Waals surface area contributed by atoms with Crippen LogP contribution in [0.5, 0.6) is 0 Å². The Hall–Kier alpha value is -3.08. The molecule has 0 saturated carbocycles. The standard InChI is InChI=1S/C24H26N4O/c1-17-3-5-19(6-4-17)14-20-13-18(2)27-22(15-20)21-7-11-28(12-8-21)24(29)23-16-25-9-10-26-23/h3-6,9-10,13,15-16,21H,7-8,11-12,14H2,1-2H3. The fraction of sp³-hybridized carbons (Fsp3) is 0.333. The van der Waals surface area contributed by atoms with Gasteiger partial charge >= 0.3 is 0 Å². The van der Waals surface area contributed by atoms with E-state index in [4.69, 9.17) is 4.98 Å². The van der Waals surface area contributed by atoms with Crippen molar-refractivity contribution < 1.29 is 4.79 Å². The highest BCUT2D eigenvalue weighted by Gasteiger charge is 2.26. The minimum atomic E-state index is -0.0335. The van der Waals surface area contributed by atoms with Crippen molar-refractivity contribution in [2.45, 2.75) is 39.0 Å². The topological polar surface area (TPSA) is 59.0 Å². The van der Waals surface area contributed by atoms with Gasteiger partial charge in [0.15, 0.2) is 0 Å². The number of piperidine rings is 1. The zero-order chi connectivity index (χ0) is 20.2. The number of carbonyl (C=O) groups excluding carboxylic acids is 1. The van der Waals surface area contributed by atoms with Gasteiger partial charge in [-0.3, -0.25) is 14.8 Å². The number of carbonyl (C=O) groups is 1. The molecule has 1 fully saturated rings. The van der Waals surface area contributed by atoms with Crippen LogP contribution in [-0.4, -0.2) is 38.8 Å². The van der Waals surface area contributed by atoms with Crippen LogP contribution in [0.15, 0.2) is 55.0 Å². The number of aryl methyl sites for hydroxylation is 2. The van der Waals surface area contributed by atoms with E-state index in [1.807, 2.05) is 4.90 Å². The maximum Gasteiger partial charge on any atom is 0.274 e. The highest BCUT2D eigenvalue weighted by Crippen LogP contribution is 2.28. The first-order chi connectivity index (χ1) is 14.1. The molecule has 0 unspecified atom stereocenters. The van der Waals surface area contributed by atoms with E-state index in [0.29, 0.717) is 11.6 Å². The fourth-order valence-electron chi connectivity index (χ4n) is 3.97. The summed E-state index contributed by atoms with van der Waals surface area (Å²) >= 11 is 0. The normalized spacial score (nSPS) is 14.8. The van der Waals surface area contributed by atoms with Crippen molar-refractivity contribution in [3.05, 3.63) is 88.8 Å². The molecule has 1 saturated heterocycles. The molecule has 3 heterocycles. The molecule has 1 amide bonds. The van der Waals surface area contributed by atoms with Gasteiger partial charge in [0.1, 0.15) is 5.69 Å².